The van der Waals surface area contributed by atoms with Gasteiger partial charge in [-0.1, -0.05) is 6.07 Å². The number of nitrogens with one attached hydrogen (secondary N) is 1. The van der Waals surface area contributed by atoms with E-state index in [1.807, 2.05) is 39.2 Å². The summed E-state index contributed by atoms with van der Waals surface area (Å²) in [5.74, 6) is -0.124. The first-order valence-corrected chi connectivity index (χ1v) is 7.37. The minimum atomic E-state index is -0.124. The van der Waals surface area contributed by atoms with Gasteiger partial charge in [0, 0.05) is 22.2 Å². The molecule has 1 aromatic carbocycles. The quantitative estimate of drug-likeness (QED) is 0.815. The number of hydrogen-bond acceptors (Lipinski definition) is 1. The normalized spacial score (nSPS) is 10.6. The van der Waals surface area contributed by atoms with Crippen molar-refractivity contribution in [2.24, 2.45) is 7.05 Å². The molecule has 0 aliphatic carbocycles. The molecular weight excluding hydrogens is 372 g/mol. The number of halogens is 2. The van der Waals surface area contributed by atoms with E-state index in [2.05, 4.69) is 37.2 Å². The van der Waals surface area contributed by atoms with Gasteiger partial charge < -0.3 is 9.88 Å². The maximum absolute atomic E-state index is 12.3. The number of carbonyl (C=O) groups excluding carboxylic acids is 1. The van der Waals surface area contributed by atoms with Crippen molar-refractivity contribution >= 4 is 43.5 Å². The highest BCUT2D eigenvalue weighted by Crippen LogP contribution is 2.28. The summed E-state index contributed by atoms with van der Waals surface area (Å²) in [6.45, 7) is 4.01. The Morgan fingerprint density at radius 2 is 1.89 bits per heavy atom. The molecule has 2 aromatic rings. The molecule has 0 atom stereocenters. The summed E-state index contributed by atoms with van der Waals surface area (Å²) in [4.78, 5) is 12.3. The van der Waals surface area contributed by atoms with Crippen LogP contribution in [0.3, 0.4) is 0 Å². The van der Waals surface area contributed by atoms with Crippen molar-refractivity contribution in [2.75, 3.05) is 5.32 Å². The summed E-state index contributed by atoms with van der Waals surface area (Å²) in [6, 6.07) is 5.83. The zero-order chi connectivity index (χ0) is 14.2. The molecule has 0 unspecified atom stereocenters. The van der Waals surface area contributed by atoms with E-state index in [0.717, 1.165) is 25.8 Å². The standard InChI is InChI=1S/C14H14Br2N2O/c1-8-4-9(2)13(11(16)5-8)17-14(19)12-6-10(15)7-18(12)3/h4-7H,1-3H3,(H,17,19). The number of aromatic nitrogens is 1. The molecular formula is C14H14Br2N2O. The van der Waals surface area contributed by atoms with Crippen LogP contribution in [0.4, 0.5) is 5.69 Å². The maximum atomic E-state index is 12.3. The maximum Gasteiger partial charge on any atom is 0.272 e. The molecule has 1 aromatic heterocycles. The first kappa shape index (κ1) is 14.3. The number of rotatable bonds is 2. The fraction of sp³-hybridized carbons (Fsp3) is 0.214. The van der Waals surface area contributed by atoms with Gasteiger partial charge in [-0.2, -0.15) is 0 Å². The summed E-state index contributed by atoms with van der Waals surface area (Å²) in [7, 11) is 1.84. The second-order valence-electron chi connectivity index (χ2n) is 4.55. The molecule has 19 heavy (non-hydrogen) atoms. The van der Waals surface area contributed by atoms with E-state index in [1.165, 1.54) is 0 Å². The van der Waals surface area contributed by atoms with E-state index in [-0.39, 0.29) is 5.91 Å². The Morgan fingerprint density at radius 3 is 2.42 bits per heavy atom. The van der Waals surface area contributed by atoms with E-state index >= 15 is 0 Å². The van der Waals surface area contributed by atoms with Crippen LogP contribution in [0.2, 0.25) is 0 Å². The molecule has 0 radical (unpaired) electrons. The fourth-order valence-electron chi connectivity index (χ4n) is 2.00. The average molecular weight is 386 g/mol. The molecule has 0 fully saturated rings. The minimum Gasteiger partial charge on any atom is -0.345 e. The number of amides is 1. The van der Waals surface area contributed by atoms with Crippen molar-refractivity contribution in [1.82, 2.24) is 4.57 Å². The predicted octanol–water partition coefficient (Wildman–Crippen LogP) is 4.42. The lowest BCUT2D eigenvalue weighted by Crippen LogP contribution is -2.16. The molecule has 5 heteroatoms. The second-order valence-corrected chi connectivity index (χ2v) is 6.32. The largest absolute Gasteiger partial charge is 0.345 e. The van der Waals surface area contributed by atoms with Crippen LogP contribution in [-0.2, 0) is 7.05 Å². The molecule has 1 heterocycles. The van der Waals surface area contributed by atoms with Crippen molar-refractivity contribution in [3.63, 3.8) is 0 Å². The minimum absolute atomic E-state index is 0.124. The number of carbonyl (C=O) groups is 1. The predicted molar refractivity (Wildman–Crippen MR) is 84.7 cm³/mol. The van der Waals surface area contributed by atoms with Crippen LogP contribution in [0.15, 0.2) is 33.3 Å². The first-order valence-electron chi connectivity index (χ1n) is 5.78. The van der Waals surface area contributed by atoms with Gasteiger partial charge in [0.15, 0.2) is 0 Å². The molecule has 0 spiro atoms. The Hall–Kier alpha value is -1.07. The van der Waals surface area contributed by atoms with E-state index in [1.54, 1.807) is 10.6 Å². The third-order valence-electron chi connectivity index (χ3n) is 2.87. The van der Waals surface area contributed by atoms with Crippen LogP contribution < -0.4 is 5.32 Å². The molecule has 3 nitrogen and oxygen atoms in total. The van der Waals surface area contributed by atoms with Gasteiger partial charge in [0.2, 0.25) is 0 Å². The van der Waals surface area contributed by atoms with Gasteiger partial charge in [-0.25, -0.2) is 0 Å². The van der Waals surface area contributed by atoms with E-state index in [4.69, 9.17) is 0 Å². The third kappa shape index (κ3) is 3.09. The molecule has 100 valence electrons. The Kier molecular flexibility index (Phi) is 4.16. The van der Waals surface area contributed by atoms with Gasteiger partial charge >= 0.3 is 0 Å². The summed E-state index contributed by atoms with van der Waals surface area (Å²) in [6.07, 6.45) is 1.85. The van der Waals surface area contributed by atoms with Gasteiger partial charge in [-0.05, 0) is 69.0 Å². The second kappa shape index (κ2) is 5.51. The Bertz CT molecular complexity index is 624. The summed E-state index contributed by atoms with van der Waals surface area (Å²) in [5, 5.41) is 2.95. The van der Waals surface area contributed by atoms with Crippen LogP contribution in [0, 0.1) is 13.8 Å². The first-order chi connectivity index (χ1) is 8.88. The van der Waals surface area contributed by atoms with E-state index in [9.17, 15) is 4.79 Å². The number of benzene rings is 1. The third-order valence-corrected chi connectivity index (χ3v) is 3.93. The monoisotopic (exact) mass is 384 g/mol. The zero-order valence-electron chi connectivity index (χ0n) is 10.9. The van der Waals surface area contributed by atoms with Crippen molar-refractivity contribution in [2.45, 2.75) is 13.8 Å². The van der Waals surface area contributed by atoms with Gasteiger partial charge in [-0.15, -0.1) is 0 Å². The summed E-state index contributed by atoms with van der Waals surface area (Å²) in [5.41, 5.74) is 3.61. The molecule has 0 aliphatic heterocycles. The highest BCUT2D eigenvalue weighted by molar-refractivity contribution is 9.10. The summed E-state index contributed by atoms with van der Waals surface area (Å²) < 4.78 is 3.57. The lowest BCUT2D eigenvalue weighted by atomic mass is 10.1. The average Bonchev–Trinajstić information content (AvgIpc) is 2.62. The van der Waals surface area contributed by atoms with E-state index < -0.39 is 0 Å². The lowest BCUT2D eigenvalue weighted by Gasteiger charge is -2.12. The van der Waals surface area contributed by atoms with Crippen molar-refractivity contribution in [1.29, 1.82) is 0 Å². The molecule has 1 N–H and O–H groups in total. The van der Waals surface area contributed by atoms with Gasteiger partial charge in [0.05, 0.1) is 5.69 Å². The smallest absolute Gasteiger partial charge is 0.272 e. The highest BCUT2D eigenvalue weighted by atomic mass is 79.9. The van der Waals surface area contributed by atoms with Crippen molar-refractivity contribution in [3.8, 4) is 0 Å². The Labute approximate surface area is 129 Å². The van der Waals surface area contributed by atoms with Crippen LogP contribution >= 0.6 is 31.9 Å². The summed E-state index contributed by atoms with van der Waals surface area (Å²) >= 11 is 6.86. The Morgan fingerprint density at radius 1 is 1.21 bits per heavy atom. The van der Waals surface area contributed by atoms with Crippen molar-refractivity contribution < 1.29 is 4.79 Å². The van der Waals surface area contributed by atoms with Crippen LogP contribution in [0.25, 0.3) is 0 Å². The lowest BCUT2D eigenvalue weighted by molar-refractivity contribution is 0.101. The van der Waals surface area contributed by atoms with Crippen LogP contribution in [0.1, 0.15) is 21.6 Å². The SMILES string of the molecule is Cc1cc(C)c(NC(=O)c2cc(Br)cn2C)c(Br)c1. The number of nitrogens with zero attached hydrogens (tertiary/aromatic N) is 1. The molecule has 2 rings (SSSR count). The number of anilines is 1. The zero-order valence-corrected chi connectivity index (χ0v) is 14.1. The topological polar surface area (TPSA) is 34.0 Å². The molecule has 0 aliphatic rings. The molecule has 0 saturated carbocycles. The molecule has 1 amide bonds. The van der Waals surface area contributed by atoms with E-state index in [0.29, 0.717) is 5.69 Å². The van der Waals surface area contributed by atoms with Crippen LogP contribution in [-0.4, -0.2) is 10.5 Å². The van der Waals surface area contributed by atoms with Gasteiger partial charge in [0.25, 0.3) is 5.91 Å². The molecule has 0 saturated heterocycles. The highest BCUT2D eigenvalue weighted by Gasteiger charge is 2.14. The fourth-order valence-corrected chi connectivity index (χ4v) is 3.30. The van der Waals surface area contributed by atoms with Crippen molar-refractivity contribution in [3.05, 3.63) is 50.2 Å². The Balaban J connectivity index is 2.32. The van der Waals surface area contributed by atoms with Gasteiger partial charge in [-0.3, -0.25) is 4.79 Å². The number of hydrogen-bond donors (Lipinski definition) is 1. The number of aryl methyl sites for hydroxylation is 3. The molecule has 0 bridgehead atoms. The van der Waals surface area contributed by atoms with Crippen LogP contribution in [0.5, 0.6) is 0 Å². The van der Waals surface area contributed by atoms with Gasteiger partial charge in [0.1, 0.15) is 5.69 Å².